The molecule has 0 unspecified atom stereocenters. The van der Waals surface area contributed by atoms with Gasteiger partial charge in [-0.2, -0.15) is 0 Å². The predicted octanol–water partition coefficient (Wildman–Crippen LogP) is 4.71. The van der Waals surface area contributed by atoms with Gasteiger partial charge in [0.1, 0.15) is 0 Å². The highest BCUT2D eigenvalue weighted by molar-refractivity contribution is 6.23. The van der Waals surface area contributed by atoms with E-state index in [9.17, 15) is 0 Å². The van der Waals surface area contributed by atoms with E-state index in [1.54, 1.807) is 0 Å². The molecule has 0 aliphatic carbocycles. The van der Waals surface area contributed by atoms with Crippen LogP contribution in [0.25, 0.3) is 0 Å². The van der Waals surface area contributed by atoms with Crippen LogP contribution in [0.1, 0.15) is 25.0 Å². The number of benzene rings is 2. The highest BCUT2D eigenvalue weighted by atomic mass is 35.5. The van der Waals surface area contributed by atoms with E-state index in [-0.39, 0.29) is 4.87 Å². The van der Waals surface area contributed by atoms with E-state index in [1.165, 1.54) is 11.1 Å². The van der Waals surface area contributed by atoms with E-state index >= 15 is 0 Å². The standard InChI is InChI=1S/C18H22ClN/c1-18(2,19)15-20(13-16-9-5-3-6-10-16)14-17-11-7-4-8-12-17/h3-12H,13-15H2,1-2H3. The van der Waals surface area contributed by atoms with Gasteiger partial charge in [-0.05, 0) is 25.0 Å². The van der Waals surface area contributed by atoms with Crippen molar-refractivity contribution in [2.24, 2.45) is 0 Å². The molecule has 0 aliphatic heterocycles. The van der Waals surface area contributed by atoms with Crippen LogP contribution in [0, 0.1) is 0 Å². The first-order valence-electron chi connectivity index (χ1n) is 7.02. The molecule has 0 N–H and O–H groups in total. The van der Waals surface area contributed by atoms with E-state index in [0.717, 1.165) is 19.6 Å². The Morgan fingerprint density at radius 2 is 1.20 bits per heavy atom. The minimum absolute atomic E-state index is 0.219. The van der Waals surface area contributed by atoms with Crippen molar-refractivity contribution in [2.45, 2.75) is 31.8 Å². The molecule has 0 bridgehead atoms. The number of nitrogens with zero attached hydrogens (tertiary/aromatic N) is 1. The van der Waals surface area contributed by atoms with E-state index in [2.05, 4.69) is 79.4 Å². The largest absolute Gasteiger partial charge is 0.293 e. The molecule has 0 radical (unpaired) electrons. The number of hydrogen-bond acceptors (Lipinski definition) is 1. The van der Waals surface area contributed by atoms with Crippen molar-refractivity contribution in [3.63, 3.8) is 0 Å². The number of halogens is 1. The zero-order valence-electron chi connectivity index (χ0n) is 12.2. The molecule has 2 aromatic rings. The number of alkyl halides is 1. The Labute approximate surface area is 127 Å². The lowest BCUT2D eigenvalue weighted by atomic mass is 10.1. The highest BCUT2D eigenvalue weighted by Gasteiger charge is 2.19. The molecule has 0 saturated heterocycles. The normalized spacial score (nSPS) is 11.8. The lowest BCUT2D eigenvalue weighted by Gasteiger charge is -2.28. The Kier molecular flexibility index (Phi) is 5.22. The summed E-state index contributed by atoms with van der Waals surface area (Å²) in [6.07, 6.45) is 0. The molecule has 0 amide bonds. The fourth-order valence-corrected chi connectivity index (χ4v) is 2.55. The third kappa shape index (κ3) is 5.36. The molecule has 2 rings (SSSR count). The molecule has 0 aromatic heterocycles. The van der Waals surface area contributed by atoms with E-state index < -0.39 is 0 Å². The lowest BCUT2D eigenvalue weighted by molar-refractivity contribution is 0.236. The van der Waals surface area contributed by atoms with Gasteiger partial charge in [0.25, 0.3) is 0 Å². The minimum Gasteiger partial charge on any atom is -0.293 e. The zero-order chi connectivity index (χ0) is 14.4. The Hall–Kier alpha value is -1.31. The molecular formula is C18H22ClN. The molecule has 0 spiro atoms. The van der Waals surface area contributed by atoms with E-state index in [1.807, 2.05) is 0 Å². The van der Waals surface area contributed by atoms with Crippen LogP contribution in [0.5, 0.6) is 0 Å². The maximum atomic E-state index is 6.42. The average molecular weight is 288 g/mol. The SMILES string of the molecule is CC(C)(Cl)CN(Cc1ccccc1)Cc1ccccc1. The highest BCUT2D eigenvalue weighted by Crippen LogP contribution is 2.18. The summed E-state index contributed by atoms with van der Waals surface area (Å²) in [5.41, 5.74) is 2.65. The Balaban J connectivity index is 2.08. The average Bonchev–Trinajstić information content (AvgIpc) is 2.39. The molecule has 0 saturated carbocycles. The van der Waals surface area contributed by atoms with Gasteiger partial charge < -0.3 is 0 Å². The van der Waals surface area contributed by atoms with Crippen LogP contribution < -0.4 is 0 Å². The molecule has 0 atom stereocenters. The second kappa shape index (κ2) is 6.92. The third-order valence-electron chi connectivity index (χ3n) is 3.10. The first kappa shape index (κ1) is 15.1. The Morgan fingerprint density at radius 1 is 0.800 bits per heavy atom. The lowest BCUT2D eigenvalue weighted by Crippen LogP contribution is -2.34. The molecular weight excluding hydrogens is 266 g/mol. The van der Waals surface area contributed by atoms with E-state index in [0.29, 0.717) is 0 Å². The first-order chi connectivity index (χ1) is 9.53. The summed E-state index contributed by atoms with van der Waals surface area (Å²) in [6, 6.07) is 21.1. The molecule has 0 fully saturated rings. The van der Waals surface area contributed by atoms with Gasteiger partial charge in [-0.15, -0.1) is 11.6 Å². The second-order valence-corrected chi connectivity index (χ2v) is 6.86. The van der Waals surface area contributed by atoms with Crippen molar-refractivity contribution in [2.75, 3.05) is 6.54 Å². The maximum Gasteiger partial charge on any atom is 0.0517 e. The van der Waals surface area contributed by atoms with E-state index in [4.69, 9.17) is 11.6 Å². The summed E-state index contributed by atoms with van der Waals surface area (Å²) in [5, 5.41) is 0. The van der Waals surface area contributed by atoms with Gasteiger partial charge in [0.2, 0.25) is 0 Å². The Morgan fingerprint density at radius 3 is 1.55 bits per heavy atom. The summed E-state index contributed by atoms with van der Waals surface area (Å²) in [7, 11) is 0. The molecule has 0 heterocycles. The van der Waals surface area contributed by atoms with Gasteiger partial charge in [-0.1, -0.05) is 60.7 Å². The fraction of sp³-hybridized carbons (Fsp3) is 0.333. The monoisotopic (exact) mass is 287 g/mol. The van der Waals surface area contributed by atoms with Crippen LogP contribution >= 0.6 is 11.6 Å². The molecule has 0 aliphatic rings. The maximum absolute atomic E-state index is 6.42. The fourth-order valence-electron chi connectivity index (χ4n) is 2.38. The molecule has 2 aromatic carbocycles. The topological polar surface area (TPSA) is 3.24 Å². The van der Waals surface area contributed by atoms with Gasteiger partial charge in [0.15, 0.2) is 0 Å². The van der Waals surface area contributed by atoms with Crippen LogP contribution in [0.4, 0.5) is 0 Å². The summed E-state index contributed by atoms with van der Waals surface area (Å²) in [4.78, 5) is 2.18. The number of rotatable bonds is 6. The van der Waals surface area contributed by atoms with Gasteiger partial charge in [-0.3, -0.25) is 4.90 Å². The first-order valence-corrected chi connectivity index (χ1v) is 7.40. The van der Waals surface area contributed by atoms with Crippen molar-refractivity contribution in [1.29, 1.82) is 0 Å². The zero-order valence-corrected chi connectivity index (χ0v) is 13.0. The quantitative estimate of drug-likeness (QED) is 0.696. The molecule has 1 nitrogen and oxygen atoms in total. The van der Waals surface area contributed by atoms with Gasteiger partial charge in [0, 0.05) is 19.6 Å². The van der Waals surface area contributed by atoms with Crippen molar-refractivity contribution in [1.82, 2.24) is 4.90 Å². The van der Waals surface area contributed by atoms with Crippen LogP contribution in [0.3, 0.4) is 0 Å². The van der Waals surface area contributed by atoms with Crippen molar-refractivity contribution in [3.8, 4) is 0 Å². The second-order valence-electron chi connectivity index (χ2n) is 5.84. The Bertz CT molecular complexity index is 460. The summed E-state index contributed by atoms with van der Waals surface area (Å²) >= 11 is 6.42. The van der Waals surface area contributed by atoms with Crippen molar-refractivity contribution >= 4 is 11.6 Å². The molecule has 2 heteroatoms. The van der Waals surface area contributed by atoms with Crippen LogP contribution in [-0.4, -0.2) is 16.3 Å². The van der Waals surface area contributed by atoms with Crippen LogP contribution in [-0.2, 0) is 13.1 Å². The van der Waals surface area contributed by atoms with Gasteiger partial charge in [0.05, 0.1) is 4.87 Å². The van der Waals surface area contributed by atoms with Gasteiger partial charge >= 0.3 is 0 Å². The van der Waals surface area contributed by atoms with Crippen LogP contribution in [0.15, 0.2) is 60.7 Å². The summed E-state index contributed by atoms with van der Waals surface area (Å²) < 4.78 is 0. The third-order valence-corrected chi connectivity index (χ3v) is 3.22. The van der Waals surface area contributed by atoms with Crippen molar-refractivity contribution < 1.29 is 0 Å². The molecule has 106 valence electrons. The van der Waals surface area contributed by atoms with Gasteiger partial charge in [-0.25, -0.2) is 0 Å². The summed E-state index contributed by atoms with van der Waals surface area (Å²) in [6.45, 7) is 6.84. The summed E-state index contributed by atoms with van der Waals surface area (Å²) in [5.74, 6) is 0. The number of hydrogen-bond donors (Lipinski definition) is 0. The molecule has 20 heavy (non-hydrogen) atoms. The van der Waals surface area contributed by atoms with Crippen LogP contribution in [0.2, 0.25) is 0 Å². The predicted molar refractivity (Wildman–Crippen MR) is 86.9 cm³/mol. The smallest absolute Gasteiger partial charge is 0.0517 e. The van der Waals surface area contributed by atoms with Crippen molar-refractivity contribution in [3.05, 3.63) is 71.8 Å². The minimum atomic E-state index is -0.219.